The van der Waals surface area contributed by atoms with Gasteiger partial charge in [0.25, 0.3) is 5.92 Å². The standard InChI is InChI=1S/C29H36F3N5O3.C5H10N2O/c1-19(33)25(23-18-39-14-13-29(23,31)32)37-26-34-16-24(36-26)22(21-9-6-11-28(2,30)12-10-21)15-35-27(38)40-17-20-7-4-3-5-8-20;6-4-1-2-5(8)7-3-4/h4,7-8,10,12,15-16,21-23,33H,3,5-6,9,11,13-14,17-18H2,1-2H3,(H,34,36);4H,1-3,6H2,(H,7,8)/b33-19?,35-15?,37-25+;. The van der Waals surface area contributed by atoms with E-state index in [2.05, 4.69) is 25.3 Å². The van der Waals surface area contributed by atoms with E-state index in [1.165, 1.54) is 32.3 Å². The molecule has 5 N–H and O–H groups in total. The summed E-state index contributed by atoms with van der Waals surface area (Å²) in [7, 11) is 0. The number of aromatic amines is 1. The molecule has 1 aromatic heterocycles. The number of allylic oxidation sites excluding steroid dienone is 4. The third-order valence-electron chi connectivity index (χ3n) is 8.69. The van der Waals surface area contributed by atoms with Gasteiger partial charge in [0, 0.05) is 43.3 Å². The van der Waals surface area contributed by atoms with Gasteiger partial charge in [-0.3, -0.25) is 4.79 Å². The van der Waals surface area contributed by atoms with Crippen LogP contribution in [-0.2, 0) is 14.3 Å². The van der Waals surface area contributed by atoms with E-state index in [-0.39, 0.29) is 55.1 Å². The van der Waals surface area contributed by atoms with Gasteiger partial charge in [0.15, 0.2) is 0 Å². The van der Waals surface area contributed by atoms with Gasteiger partial charge in [-0.05, 0) is 63.9 Å². The van der Waals surface area contributed by atoms with Crippen LogP contribution in [-0.4, -0.2) is 83.6 Å². The van der Waals surface area contributed by atoms with Crippen molar-refractivity contribution in [2.75, 3.05) is 26.4 Å². The van der Waals surface area contributed by atoms with Gasteiger partial charge in [0.1, 0.15) is 12.3 Å². The van der Waals surface area contributed by atoms with Crippen LogP contribution in [0.15, 0.2) is 52.1 Å². The van der Waals surface area contributed by atoms with E-state index in [0.717, 1.165) is 24.8 Å². The van der Waals surface area contributed by atoms with Crippen molar-refractivity contribution in [3.63, 3.8) is 0 Å². The summed E-state index contributed by atoms with van der Waals surface area (Å²) in [5, 5.41) is 10.7. The van der Waals surface area contributed by atoms with Crippen LogP contribution >= 0.6 is 0 Å². The summed E-state index contributed by atoms with van der Waals surface area (Å²) in [5.41, 5.74) is 5.26. The average molecular weight is 674 g/mol. The Labute approximate surface area is 278 Å². The second kappa shape index (κ2) is 17.0. The van der Waals surface area contributed by atoms with Gasteiger partial charge >= 0.3 is 6.09 Å². The number of nitrogens with one attached hydrogen (secondary N) is 3. The molecule has 2 aliphatic heterocycles. The monoisotopic (exact) mass is 673 g/mol. The van der Waals surface area contributed by atoms with Gasteiger partial charge in [-0.2, -0.15) is 4.99 Å². The van der Waals surface area contributed by atoms with E-state index in [9.17, 15) is 22.8 Å². The second-order valence-corrected chi connectivity index (χ2v) is 12.8. The van der Waals surface area contributed by atoms with Crippen molar-refractivity contribution >= 4 is 35.6 Å². The second-order valence-electron chi connectivity index (χ2n) is 12.8. The van der Waals surface area contributed by atoms with Crippen molar-refractivity contribution in [3.8, 4) is 0 Å². The Bertz CT molecular complexity index is 1440. The Kier molecular flexibility index (Phi) is 13.0. The number of hydrogen-bond donors (Lipinski definition) is 4. The molecular weight excluding hydrogens is 627 g/mol. The fraction of sp³-hybridized carbons (Fsp3) is 0.588. The lowest BCUT2D eigenvalue weighted by atomic mass is 9.87. The SMILES string of the molecule is CC(=N)/C(=N\c1ncc(C(C=NC(=O)OCC2=CCCC=C2)C2C=CC(C)(F)CCC2)[nH]1)C1COCCC1(F)F.NC1CCC(=O)NC1. The number of aliphatic imine (C=N–C) groups is 2. The summed E-state index contributed by atoms with van der Waals surface area (Å²) in [6, 6.07) is 0.188. The van der Waals surface area contributed by atoms with E-state index in [1.807, 2.05) is 18.2 Å². The first-order valence-corrected chi connectivity index (χ1v) is 16.4. The number of rotatable bonds is 8. The summed E-state index contributed by atoms with van der Waals surface area (Å²) in [6.45, 7) is 3.40. The number of carbonyl (C=O) groups excluding carboxylic acids is 2. The quantitative estimate of drug-likeness (QED) is 0.193. The summed E-state index contributed by atoms with van der Waals surface area (Å²) in [6.07, 6.45) is 15.9. The molecule has 5 atom stereocenters. The van der Waals surface area contributed by atoms with Crippen LogP contribution in [0.2, 0.25) is 0 Å². The third-order valence-corrected chi connectivity index (χ3v) is 8.69. The maximum atomic E-state index is 14.7. The summed E-state index contributed by atoms with van der Waals surface area (Å²) >= 11 is 0. The van der Waals surface area contributed by atoms with Crippen LogP contribution in [0.1, 0.15) is 76.8 Å². The number of ether oxygens (including phenoxy) is 2. The lowest BCUT2D eigenvalue weighted by Crippen LogP contribution is -2.44. The van der Waals surface area contributed by atoms with Crippen LogP contribution in [0, 0.1) is 17.2 Å². The van der Waals surface area contributed by atoms with Gasteiger partial charge in [-0.1, -0.05) is 30.4 Å². The molecule has 48 heavy (non-hydrogen) atoms. The number of amides is 2. The minimum atomic E-state index is -3.06. The number of nitrogens with zero attached hydrogens (tertiary/aromatic N) is 3. The van der Waals surface area contributed by atoms with E-state index in [1.54, 1.807) is 6.08 Å². The molecule has 0 bridgehead atoms. The fourth-order valence-corrected chi connectivity index (χ4v) is 5.83. The predicted octanol–water partition coefficient (Wildman–Crippen LogP) is 6.07. The zero-order chi connectivity index (χ0) is 34.7. The largest absolute Gasteiger partial charge is 0.443 e. The normalized spacial score (nSPS) is 28.0. The Morgan fingerprint density at radius 1 is 1.29 bits per heavy atom. The topological polar surface area (TPSA) is 168 Å². The molecule has 3 heterocycles. The van der Waals surface area contributed by atoms with Gasteiger partial charge in [0.05, 0.1) is 36.8 Å². The smallest absolute Gasteiger partial charge is 0.433 e. The minimum absolute atomic E-state index is 0.0444. The molecule has 0 saturated carbocycles. The van der Waals surface area contributed by atoms with Crippen molar-refractivity contribution < 1.29 is 32.2 Å². The van der Waals surface area contributed by atoms with E-state index < -0.39 is 35.9 Å². The molecule has 11 nitrogen and oxygen atoms in total. The Morgan fingerprint density at radius 3 is 2.77 bits per heavy atom. The molecule has 0 spiro atoms. The first-order valence-electron chi connectivity index (χ1n) is 16.4. The third kappa shape index (κ3) is 11.1. The fourth-order valence-electron chi connectivity index (χ4n) is 5.83. The first-order chi connectivity index (χ1) is 22.8. The molecule has 5 unspecified atom stereocenters. The van der Waals surface area contributed by atoms with E-state index >= 15 is 0 Å². The number of nitrogens with two attached hydrogens (primary N) is 1. The lowest BCUT2D eigenvalue weighted by molar-refractivity contribution is -0.122. The van der Waals surface area contributed by atoms with Gasteiger partial charge in [0.2, 0.25) is 11.9 Å². The molecular formula is C34H46F3N7O4. The maximum Gasteiger partial charge on any atom is 0.433 e. The van der Waals surface area contributed by atoms with Crippen LogP contribution in [0.5, 0.6) is 0 Å². The van der Waals surface area contributed by atoms with Crippen molar-refractivity contribution in [1.82, 2.24) is 15.3 Å². The van der Waals surface area contributed by atoms with Crippen LogP contribution in [0.3, 0.4) is 0 Å². The maximum absolute atomic E-state index is 14.7. The van der Waals surface area contributed by atoms with Crippen molar-refractivity contribution in [3.05, 3.63) is 47.8 Å². The van der Waals surface area contributed by atoms with Crippen molar-refractivity contribution in [1.29, 1.82) is 5.41 Å². The highest BCUT2D eigenvalue weighted by Gasteiger charge is 2.46. The number of aromatic nitrogens is 2. The first kappa shape index (κ1) is 36.9. The number of H-pyrrole nitrogens is 1. The molecule has 14 heteroatoms. The number of halogens is 3. The zero-order valence-electron chi connectivity index (χ0n) is 27.5. The number of hydrogen-bond acceptors (Lipinski definition) is 8. The summed E-state index contributed by atoms with van der Waals surface area (Å²) in [5.74, 6) is -4.96. The highest BCUT2D eigenvalue weighted by atomic mass is 19.3. The van der Waals surface area contributed by atoms with Gasteiger partial charge in [-0.15, -0.1) is 0 Å². The van der Waals surface area contributed by atoms with E-state index in [0.29, 0.717) is 37.9 Å². The summed E-state index contributed by atoms with van der Waals surface area (Å²) < 4.78 is 54.5. The summed E-state index contributed by atoms with van der Waals surface area (Å²) in [4.78, 5) is 38.5. The Balaban J connectivity index is 0.000000569. The number of carbonyl (C=O) groups is 2. The Hall–Kier alpha value is -3.91. The molecule has 0 radical (unpaired) electrons. The predicted molar refractivity (Wildman–Crippen MR) is 178 cm³/mol. The molecule has 2 amide bonds. The lowest BCUT2D eigenvalue weighted by Gasteiger charge is -2.31. The average Bonchev–Trinajstić information content (AvgIpc) is 3.43. The minimum Gasteiger partial charge on any atom is -0.443 e. The molecule has 262 valence electrons. The van der Waals surface area contributed by atoms with Gasteiger partial charge < -0.3 is 30.9 Å². The molecule has 1 aromatic rings. The van der Waals surface area contributed by atoms with Crippen LogP contribution < -0.4 is 11.1 Å². The molecule has 5 rings (SSSR count). The molecule has 4 aliphatic rings. The number of alkyl halides is 3. The van der Waals surface area contributed by atoms with Crippen LogP contribution in [0.4, 0.5) is 23.9 Å². The molecule has 2 aliphatic carbocycles. The van der Waals surface area contributed by atoms with Gasteiger partial charge in [-0.25, -0.2) is 27.9 Å². The highest BCUT2D eigenvalue weighted by Crippen LogP contribution is 2.36. The Morgan fingerprint density at radius 2 is 2.10 bits per heavy atom. The molecule has 2 fully saturated rings. The molecule has 2 saturated heterocycles. The zero-order valence-corrected chi connectivity index (χ0v) is 27.5. The molecule has 0 aromatic carbocycles. The van der Waals surface area contributed by atoms with Crippen molar-refractivity contribution in [2.45, 2.75) is 88.8 Å². The highest BCUT2D eigenvalue weighted by molar-refractivity contribution is 6.41. The van der Waals surface area contributed by atoms with Crippen molar-refractivity contribution in [2.24, 2.45) is 27.6 Å². The number of imidazole rings is 1. The number of piperidine rings is 1. The van der Waals surface area contributed by atoms with E-state index in [4.69, 9.17) is 20.6 Å². The van der Waals surface area contributed by atoms with Crippen LogP contribution in [0.25, 0.3) is 0 Å².